The van der Waals surface area contributed by atoms with Crippen LogP contribution in [-0.4, -0.2) is 23.1 Å². The minimum Gasteiger partial charge on any atom is -0.462 e. The van der Waals surface area contributed by atoms with E-state index in [2.05, 4.69) is 0 Å². The molecule has 0 aliphatic heterocycles. The molecule has 1 heterocycles. The van der Waals surface area contributed by atoms with Gasteiger partial charge in [-0.15, -0.1) is 0 Å². The SMILES string of the molecule is CCOC(=O)c1cn(-c2ccc(C#N)cc2)cc1CC(N)=O. The molecule has 0 saturated heterocycles. The number of carbonyl (C=O) groups excluding carboxylic acids is 2. The fourth-order valence-corrected chi connectivity index (χ4v) is 2.08. The zero-order valence-electron chi connectivity index (χ0n) is 12.1. The van der Waals surface area contributed by atoms with Crippen LogP contribution in [0, 0.1) is 11.3 Å². The summed E-state index contributed by atoms with van der Waals surface area (Å²) in [6.07, 6.45) is 3.22. The Bertz CT molecular complexity index is 739. The van der Waals surface area contributed by atoms with Crippen molar-refractivity contribution in [2.75, 3.05) is 6.61 Å². The molecule has 22 heavy (non-hydrogen) atoms. The van der Waals surface area contributed by atoms with E-state index in [1.54, 1.807) is 48.1 Å². The Kier molecular flexibility index (Phi) is 4.59. The number of nitrogens with zero attached hydrogens (tertiary/aromatic N) is 2. The van der Waals surface area contributed by atoms with Gasteiger partial charge in [-0.05, 0) is 36.8 Å². The van der Waals surface area contributed by atoms with Crippen LogP contribution in [0.2, 0.25) is 0 Å². The molecule has 0 saturated carbocycles. The number of ether oxygens (including phenoxy) is 1. The molecule has 0 spiro atoms. The molecule has 0 atom stereocenters. The Balaban J connectivity index is 2.41. The molecule has 1 amide bonds. The average Bonchev–Trinajstić information content (AvgIpc) is 2.90. The van der Waals surface area contributed by atoms with Crippen LogP contribution in [0.25, 0.3) is 5.69 Å². The first-order valence-electron chi connectivity index (χ1n) is 6.72. The number of aromatic nitrogens is 1. The summed E-state index contributed by atoms with van der Waals surface area (Å²) in [5, 5.41) is 8.81. The molecule has 6 nitrogen and oxygen atoms in total. The summed E-state index contributed by atoms with van der Waals surface area (Å²) < 4.78 is 6.69. The standard InChI is InChI=1S/C16H15N3O3/c1-2-22-16(21)14-10-19(9-12(14)7-15(18)20)13-5-3-11(8-17)4-6-13/h3-6,9-10H,2,7H2,1H3,(H2,18,20). The number of nitrogens with two attached hydrogens (primary N) is 1. The molecule has 2 rings (SSSR count). The maximum Gasteiger partial charge on any atom is 0.339 e. The number of amides is 1. The summed E-state index contributed by atoms with van der Waals surface area (Å²) in [4.78, 5) is 23.1. The largest absolute Gasteiger partial charge is 0.462 e. The fourth-order valence-electron chi connectivity index (χ4n) is 2.08. The molecule has 0 aliphatic carbocycles. The highest BCUT2D eigenvalue weighted by molar-refractivity contribution is 5.93. The minimum atomic E-state index is -0.525. The van der Waals surface area contributed by atoms with Gasteiger partial charge in [0.05, 0.1) is 30.2 Å². The normalized spacial score (nSPS) is 10.0. The van der Waals surface area contributed by atoms with Gasteiger partial charge in [0.2, 0.25) is 5.91 Å². The van der Waals surface area contributed by atoms with Crippen LogP contribution in [-0.2, 0) is 16.0 Å². The number of hydrogen-bond donors (Lipinski definition) is 1. The molecule has 0 radical (unpaired) electrons. The second-order valence-corrected chi connectivity index (χ2v) is 4.63. The maximum atomic E-state index is 12.0. The quantitative estimate of drug-likeness (QED) is 0.846. The summed E-state index contributed by atoms with van der Waals surface area (Å²) in [6.45, 7) is 1.96. The van der Waals surface area contributed by atoms with Crippen LogP contribution in [0.3, 0.4) is 0 Å². The van der Waals surface area contributed by atoms with E-state index < -0.39 is 11.9 Å². The van der Waals surface area contributed by atoms with Crippen LogP contribution in [0.1, 0.15) is 28.4 Å². The molecule has 0 fully saturated rings. The minimum absolute atomic E-state index is 0.0442. The van der Waals surface area contributed by atoms with E-state index >= 15 is 0 Å². The second-order valence-electron chi connectivity index (χ2n) is 4.63. The zero-order valence-corrected chi connectivity index (χ0v) is 12.1. The Morgan fingerprint density at radius 3 is 2.50 bits per heavy atom. The third-order valence-corrected chi connectivity index (χ3v) is 3.06. The highest BCUT2D eigenvalue weighted by Gasteiger charge is 2.17. The van der Waals surface area contributed by atoms with Crippen LogP contribution < -0.4 is 5.73 Å². The highest BCUT2D eigenvalue weighted by Crippen LogP contribution is 2.18. The van der Waals surface area contributed by atoms with Crippen molar-refractivity contribution >= 4 is 11.9 Å². The molecule has 1 aromatic heterocycles. The average molecular weight is 297 g/mol. The molecule has 0 unspecified atom stereocenters. The predicted molar refractivity (Wildman–Crippen MR) is 79.3 cm³/mol. The van der Waals surface area contributed by atoms with Crippen molar-refractivity contribution in [2.24, 2.45) is 5.73 Å². The number of carbonyl (C=O) groups is 2. The van der Waals surface area contributed by atoms with Gasteiger partial charge in [0.1, 0.15) is 0 Å². The van der Waals surface area contributed by atoms with Crippen LogP contribution in [0.4, 0.5) is 0 Å². The number of esters is 1. The summed E-state index contributed by atoms with van der Waals surface area (Å²) >= 11 is 0. The lowest BCUT2D eigenvalue weighted by Crippen LogP contribution is -2.15. The summed E-state index contributed by atoms with van der Waals surface area (Å²) in [7, 11) is 0. The Morgan fingerprint density at radius 1 is 1.27 bits per heavy atom. The van der Waals surface area contributed by atoms with Gasteiger partial charge in [0, 0.05) is 18.1 Å². The summed E-state index contributed by atoms with van der Waals surface area (Å²) in [5.41, 5.74) is 7.34. The molecular weight excluding hydrogens is 282 g/mol. The van der Waals surface area contributed by atoms with E-state index in [9.17, 15) is 9.59 Å². The molecular formula is C16H15N3O3. The van der Waals surface area contributed by atoms with Crippen molar-refractivity contribution in [1.29, 1.82) is 5.26 Å². The third-order valence-electron chi connectivity index (χ3n) is 3.06. The number of benzene rings is 1. The zero-order chi connectivity index (χ0) is 16.1. The predicted octanol–water partition coefficient (Wildman–Crippen LogP) is 1.55. The second kappa shape index (κ2) is 6.59. The molecule has 112 valence electrons. The number of nitriles is 1. The molecule has 1 aromatic carbocycles. The Morgan fingerprint density at radius 2 is 1.95 bits per heavy atom. The summed E-state index contributed by atoms with van der Waals surface area (Å²) in [6, 6.07) is 8.89. The highest BCUT2D eigenvalue weighted by atomic mass is 16.5. The monoisotopic (exact) mass is 297 g/mol. The van der Waals surface area contributed by atoms with Gasteiger partial charge in [0.25, 0.3) is 0 Å². The van der Waals surface area contributed by atoms with Gasteiger partial charge >= 0.3 is 5.97 Å². The molecule has 0 bridgehead atoms. The van der Waals surface area contributed by atoms with E-state index in [1.807, 2.05) is 6.07 Å². The number of hydrogen-bond acceptors (Lipinski definition) is 4. The van der Waals surface area contributed by atoms with Crippen LogP contribution >= 0.6 is 0 Å². The molecule has 6 heteroatoms. The van der Waals surface area contributed by atoms with Crippen molar-refractivity contribution in [3.05, 3.63) is 53.3 Å². The Hall–Kier alpha value is -3.07. The third kappa shape index (κ3) is 3.33. The fraction of sp³-hybridized carbons (Fsp3) is 0.188. The van der Waals surface area contributed by atoms with Crippen molar-refractivity contribution < 1.29 is 14.3 Å². The lowest BCUT2D eigenvalue weighted by Gasteiger charge is -2.02. The van der Waals surface area contributed by atoms with Crippen molar-refractivity contribution in [3.8, 4) is 11.8 Å². The van der Waals surface area contributed by atoms with Gasteiger partial charge in [-0.3, -0.25) is 4.79 Å². The maximum absolute atomic E-state index is 12.0. The first-order chi connectivity index (χ1) is 10.5. The van der Waals surface area contributed by atoms with Crippen molar-refractivity contribution in [2.45, 2.75) is 13.3 Å². The van der Waals surface area contributed by atoms with Crippen molar-refractivity contribution in [1.82, 2.24) is 4.57 Å². The molecule has 0 aliphatic rings. The lowest BCUT2D eigenvalue weighted by atomic mass is 10.1. The van der Waals surface area contributed by atoms with Crippen LogP contribution in [0.5, 0.6) is 0 Å². The van der Waals surface area contributed by atoms with E-state index in [1.165, 1.54) is 0 Å². The molecule has 2 aromatic rings. The van der Waals surface area contributed by atoms with Gasteiger partial charge in [-0.2, -0.15) is 5.26 Å². The van der Waals surface area contributed by atoms with E-state index in [4.69, 9.17) is 15.7 Å². The smallest absolute Gasteiger partial charge is 0.339 e. The van der Waals surface area contributed by atoms with E-state index in [0.29, 0.717) is 16.7 Å². The van der Waals surface area contributed by atoms with E-state index in [-0.39, 0.29) is 13.0 Å². The van der Waals surface area contributed by atoms with Crippen molar-refractivity contribution in [3.63, 3.8) is 0 Å². The Labute approximate surface area is 127 Å². The number of rotatable bonds is 5. The topological polar surface area (TPSA) is 98.1 Å². The number of primary amides is 1. The first kappa shape index (κ1) is 15.3. The molecule has 2 N–H and O–H groups in total. The van der Waals surface area contributed by atoms with Gasteiger partial charge in [-0.1, -0.05) is 0 Å². The van der Waals surface area contributed by atoms with Gasteiger partial charge < -0.3 is 15.0 Å². The summed E-state index contributed by atoms with van der Waals surface area (Å²) in [5.74, 6) is -1.02. The van der Waals surface area contributed by atoms with Gasteiger partial charge in [-0.25, -0.2) is 4.79 Å². The van der Waals surface area contributed by atoms with E-state index in [0.717, 1.165) is 5.69 Å². The van der Waals surface area contributed by atoms with Gasteiger partial charge in [0.15, 0.2) is 0 Å². The first-order valence-corrected chi connectivity index (χ1v) is 6.72. The lowest BCUT2D eigenvalue weighted by molar-refractivity contribution is -0.117. The van der Waals surface area contributed by atoms with Crippen LogP contribution in [0.15, 0.2) is 36.7 Å².